The van der Waals surface area contributed by atoms with Crippen molar-refractivity contribution in [3.05, 3.63) is 41.1 Å². The molecule has 1 aliphatic rings. The lowest BCUT2D eigenvalue weighted by atomic mass is 9.75. The Bertz CT molecular complexity index is 901. The predicted octanol–water partition coefficient (Wildman–Crippen LogP) is 4.58. The van der Waals surface area contributed by atoms with Crippen LogP contribution >= 0.6 is 0 Å². The first kappa shape index (κ1) is 21.1. The average Bonchev–Trinajstić information content (AvgIpc) is 3.01. The van der Waals surface area contributed by atoms with Gasteiger partial charge in [0.15, 0.2) is 5.82 Å². The van der Waals surface area contributed by atoms with Crippen molar-refractivity contribution in [1.82, 2.24) is 9.78 Å². The zero-order chi connectivity index (χ0) is 21.0. The van der Waals surface area contributed by atoms with Gasteiger partial charge < -0.3 is 9.47 Å². The maximum atomic E-state index is 13.1. The van der Waals surface area contributed by atoms with E-state index in [1.807, 2.05) is 56.8 Å². The number of carbonyl (C=O) groups is 1. The van der Waals surface area contributed by atoms with Crippen LogP contribution in [0, 0.1) is 5.92 Å². The Morgan fingerprint density at radius 3 is 2.62 bits per heavy atom. The number of hydrogen-bond donors (Lipinski definition) is 0. The van der Waals surface area contributed by atoms with Crippen molar-refractivity contribution >= 4 is 17.5 Å². The lowest BCUT2D eigenvalue weighted by Gasteiger charge is -2.31. The number of aryl methyl sites for hydroxylation is 2. The summed E-state index contributed by atoms with van der Waals surface area (Å²) in [7, 11) is 1.91. The van der Waals surface area contributed by atoms with Gasteiger partial charge in [0.1, 0.15) is 11.7 Å². The number of fused-ring (bicyclic) bond motifs is 1. The van der Waals surface area contributed by atoms with Crippen LogP contribution in [0.1, 0.15) is 63.3 Å². The van der Waals surface area contributed by atoms with Crippen molar-refractivity contribution < 1.29 is 14.3 Å². The van der Waals surface area contributed by atoms with Gasteiger partial charge in [0.2, 0.25) is 0 Å². The van der Waals surface area contributed by atoms with E-state index in [1.54, 1.807) is 0 Å². The maximum Gasteiger partial charge on any atom is 0.315 e. The van der Waals surface area contributed by atoms with Gasteiger partial charge >= 0.3 is 5.97 Å². The third-order valence-electron chi connectivity index (χ3n) is 5.25. The molecule has 2 aromatic rings. The molecular weight excluding hydrogens is 366 g/mol. The number of para-hydroxylation sites is 1. The first-order valence-electron chi connectivity index (χ1n) is 10.5. The number of carbonyl (C=O) groups excluding carboxylic acids is 1. The van der Waals surface area contributed by atoms with Gasteiger partial charge in [-0.1, -0.05) is 38.5 Å². The number of benzene rings is 1. The van der Waals surface area contributed by atoms with Crippen molar-refractivity contribution in [1.29, 1.82) is 0 Å². The largest absolute Gasteiger partial charge is 0.494 e. The first-order valence-corrected chi connectivity index (χ1v) is 10.5. The molecular formula is C23H31N3O3. The van der Waals surface area contributed by atoms with Gasteiger partial charge in [-0.2, -0.15) is 5.10 Å². The average molecular weight is 398 g/mol. The molecule has 6 heteroatoms. The van der Waals surface area contributed by atoms with E-state index in [0.29, 0.717) is 13.2 Å². The lowest BCUT2D eigenvalue weighted by molar-refractivity contribution is -0.146. The highest BCUT2D eigenvalue weighted by molar-refractivity contribution is 6.05. The van der Waals surface area contributed by atoms with Crippen LogP contribution in [0.3, 0.4) is 0 Å². The fourth-order valence-corrected chi connectivity index (χ4v) is 4.06. The lowest BCUT2D eigenvalue weighted by Crippen LogP contribution is -2.34. The summed E-state index contributed by atoms with van der Waals surface area (Å²) in [6, 6.07) is 7.95. The highest BCUT2D eigenvalue weighted by Crippen LogP contribution is 2.47. The third kappa shape index (κ3) is 4.07. The van der Waals surface area contributed by atoms with Gasteiger partial charge in [0.05, 0.1) is 18.9 Å². The van der Waals surface area contributed by atoms with Crippen LogP contribution in [0.2, 0.25) is 0 Å². The molecule has 0 aliphatic carbocycles. The molecule has 1 aromatic heterocycles. The Balaban J connectivity index is 2.22. The Labute approximate surface area is 172 Å². The molecule has 1 aromatic carbocycles. The van der Waals surface area contributed by atoms with Gasteiger partial charge in [-0.05, 0) is 32.8 Å². The van der Waals surface area contributed by atoms with Crippen molar-refractivity contribution in [2.45, 2.75) is 52.9 Å². The third-order valence-corrected chi connectivity index (χ3v) is 5.25. The molecule has 3 rings (SSSR count). The normalized spacial score (nSPS) is 18.2. The molecule has 0 amide bonds. The first-order chi connectivity index (χ1) is 14.0. The van der Waals surface area contributed by atoms with Gasteiger partial charge in [-0.3, -0.25) is 9.48 Å². The van der Waals surface area contributed by atoms with Crippen LogP contribution in [0.5, 0.6) is 5.75 Å². The van der Waals surface area contributed by atoms with Crippen LogP contribution in [-0.4, -0.2) is 34.7 Å². The summed E-state index contributed by atoms with van der Waals surface area (Å²) in [5, 5.41) is 4.74. The number of hydrogen-bond acceptors (Lipinski definition) is 5. The van der Waals surface area contributed by atoms with E-state index < -0.39 is 5.92 Å². The Hall–Kier alpha value is -2.63. The Morgan fingerprint density at radius 2 is 1.93 bits per heavy atom. The fourth-order valence-electron chi connectivity index (χ4n) is 4.06. The minimum atomic E-state index is -0.490. The second kappa shape index (κ2) is 9.25. The minimum absolute atomic E-state index is 0.232. The molecule has 156 valence electrons. The van der Waals surface area contributed by atoms with Crippen molar-refractivity contribution in [2.75, 3.05) is 13.2 Å². The minimum Gasteiger partial charge on any atom is -0.494 e. The Kier molecular flexibility index (Phi) is 6.72. The van der Waals surface area contributed by atoms with Crippen LogP contribution in [-0.2, 0) is 23.0 Å². The van der Waals surface area contributed by atoms with Gasteiger partial charge in [0, 0.05) is 29.8 Å². The molecule has 0 spiro atoms. The summed E-state index contributed by atoms with van der Waals surface area (Å²) in [6.07, 6.45) is 2.59. The highest BCUT2D eigenvalue weighted by Gasteiger charge is 2.42. The van der Waals surface area contributed by atoms with Crippen LogP contribution in [0.4, 0.5) is 5.82 Å². The summed E-state index contributed by atoms with van der Waals surface area (Å²) < 4.78 is 13.4. The predicted molar refractivity (Wildman–Crippen MR) is 114 cm³/mol. The quantitative estimate of drug-likeness (QED) is 0.612. The monoisotopic (exact) mass is 397 g/mol. The van der Waals surface area contributed by atoms with Gasteiger partial charge in [0.25, 0.3) is 0 Å². The van der Waals surface area contributed by atoms with Gasteiger partial charge in [-0.15, -0.1) is 0 Å². The molecule has 2 unspecified atom stereocenters. The van der Waals surface area contributed by atoms with E-state index in [-0.39, 0.29) is 11.9 Å². The summed E-state index contributed by atoms with van der Waals surface area (Å²) in [6.45, 7) is 8.97. The van der Waals surface area contributed by atoms with Crippen LogP contribution in [0.25, 0.3) is 0 Å². The number of esters is 1. The standard InChI is InChI=1S/C23H31N3O3/c1-6-11-17-21-20(16-12-9-10-13-18(16)28-8-3)19(23(27)29-14-7-2)15(4)24-22(21)26(5)25-17/h9-10,12-13,19-20H,6-8,11,14H2,1-5H3. The van der Waals surface area contributed by atoms with E-state index in [9.17, 15) is 4.79 Å². The zero-order valence-electron chi connectivity index (χ0n) is 18.1. The Morgan fingerprint density at radius 1 is 1.17 bits per heavy atom. The van der Waals surface area contributed by atoms with Crippen molar-refractivity contribution in [2.24, 2.45) is 18.0 Å². The molecule has 0 N–H and O–H groups in total. The molecule has 2 atom stereocenters. The van der Waals surface area contributed by atoms with E-state index in [0.717, 1.165) is 53.4 Å². The highest BCUT2D eigenvalue weighted by atomic mass is 16.5. The summed E-state index contributed by atoms with van der Waals surface area (Å²) in [4.78, 5) is 17.9. The second-order valence-electron chi connectivity index (χ2n) is 7.40. The molecule has 2 heterocycles. The molecule has 29 heavy (non-hydrogen) atoms. The maximum absolute atomic E-state index is 13.1. The number of aromatic nitrogens is 2. The van der Waals surface area contributed by atoms with Crippen LogP contribution < -0.4 is 4.74 Å². The molecule has 0 saturated heterocycles. The second-order valence-corrected chi connectivity index (χ2v) is 7.40. The smallest absolute Gasteiger partial charge is 0.315 e. The summed E-state index contributed by atoms with van der Waals surface area (Å²) in [5.41, 5.74) is 3.74. The number of aliphatic imine (C=N–C) groups is 1. The molecule has 0 saturated carbocycles. The van der Waals surface area contributed by atoms with E-state index in [4.69, 9.17) is 19.6 Å². The molecule has 0 bridgehead atoms. The topological polar surface area (TPSA) is 65.7 Å². The van der Waals surface area contributed by atoms with Crippen LogP contribution in [0.15, 0.2) is 29.3 Å². The number of nitrogens with zero attached hydrogens (tertiary/aromatic N) is 3. The molecule has 0 fully saturated rings. The molecule has 6 nitrogen and oxygen atoms in total. The van der Waals surface area contributed by atoms with E-state index in [2.05, 4.69) is 6.92 Å². The molecule has 0 radical (unpaired) electrons. The SMILES string of the molecule is CCCOC(=O)C1C(C)=Nc2c(c(CCC)nn2C)C1c1ccccc1OCC. The summed E-state index contributed by atoms with van der Waals surface area (Å²) >= 11 is 0. The summed E-state index contributed by atoms with van der Waals surface area (Å²) in [5.74, 6) is 0.656. The zero-order valence-corrected chi connectivity index (χ0v) is 18.1. The van der Waals surface area contributed by atoms with Crippen molar-refractivity contribution in [3.63, 3.8) is 0 Å². The molecule has 1 aliphatic heterocycles. The number of rotatable bonds is 8. The van der Waals surface area contributed by atoms with Crippen molar-refractivity contribution in [3.8, 4) is 5.75 Å². The number of ether oxygens (including phenoxy) is 2. The van der Waals surface area contributed by atoms with E-state index in [1.165, 1.54) is 0 Å². The van der Waals surface area contributed by atoms with E-state index >= 15 is 0 Å². The van der Waals surface area contributed by atoms with Gasteiger partial charge in [-0.25, -0.2) is 4.99 Å². The fraction of sp³-hybridized carbons (Fsp3) is 0.522.